The van der Waals surface area contributed by atoms with Gasteiger partial charge in [-0.3, -0.25) is 0 Å². The largest absolute Gasteiger partial charge is 0.464 e. The van der Waals surface area contributed by atoms with E-state index in [9.17, 15) is 9.18 Å². The Morgan fingerprint density at radius 3 is 2.50 bits per heavy atom. The highest BCUT2D eigenvalue weighted by atomic mass is 19.1. The monoisotopic (exact) mass is 330 g/mol. The van der Waals surface area contributed by atoms with Gasteiger partial charge in [-0.2, -0.15) is 0 Å². The summed E-state index contributed by atoms with van der Waals surface area (Å²) in [5.41, 5.74) is 2.03. The number of esters is 1. The number of hydrogen-bond acceptors (Lipinski definition) is 3. The van der Waals surface area contributed by atoms with E-state index in [4.69, 9.17) is 9.15 Å². The average molecular weight is 330 g/mol. The number of aryl methyl sites for hydroxylation is 1. The Balaban J connectivity index is 2.11. The highest BCUT2D eigenvalue weighted by Crippen LogP contribution is 2.41. The summed E-state index contributed by atoms with van der Waals surface area (Å²) in [6.45, 7) is 3.96. The first-order valence-corrected chi connectivity index (χ1v) is 8.68. The maximum absolute atomic E-state index is 13.3. The standard InChI is InChI=1S/C20H23FO3/c1-3-23-20(22)18-17(14-9-11-16(21)12-10-14)13(2)24-19(18)15-7-5-4-6-8-15/h9-12,15H,3-8H2,1-2H3. The minimum absolute atomic E-state index is 0.256. The van der Waals surface area contributed by atoms with E-state index < -0.39 is 0 Å². The molecule has 0 radical (unpaired) electrons. The van der Waals surface area contributed by atoms with Crippen LogP contribution in [0.25, 0.3) is 11.1 Å². The number of carbonyl (C=O) groups excluding carboxylic acids is 1. The van der Waals surface area contributed by atoms with Crippen molar-refractivity contribution in [2.75, 3.05) is 6.61 Å². The molecule has 128 valence electrons. The molecular formula is C20H23FO3. The van der Waals surface area contributed by atoms with Gasteiger partial charge in [0, 0.05) is 11.5 Å². The van der Waals surface area contributed by atoms with Crippen molar-refractivity contribution in [3.63, 3.8) is 0 Å². The summed E-state index contributed by atoms with van der Waals surface area (Å²) in [6, 6.07) is 6.16. The molecule has 1 heterocycles. The first-order valence-electron chi connectivity index (χ1n) is 8.68. The predicted molar refractivity (Wildman–Crippen MR) is 90.6 cm³/mol. The van der Waals surface area contributed by atoms with Crippen LogP contribution in [-0.2, 0) is 4.74 Å². The molecule has 0 saturated heterocycles. The molecule has 1 saturated carbocycles. The zero-order valence-corrected chi connectivity index (χ0v) is 14.2. The smallest absolute Gasteiger partial charge is 0.342 e. The van der Waals surface area contributed by atoms with Gasteiger partial charge in [0.2, 0.25) is 0 Å². The van der Waals surface area contributed by atoms with Crippen molar-refractivity contribution >= 4 is 5.97 Å². The number of furan rings is 1. The van der Waals surface area contributed by atoms with Crippen LogP contribution in [0.15, 0.2) is 28.7 Å². The van der Waals surface area contributed by atoms with E-state index in [0.717, 1.165) is 42.6 Å². The molecule has 0 unspecified atom stereocenters. The van der Waals surface area contributed by atoms with Crippen LogP contribution >= 0.6 is 0 Å². The third-order valence-electron chi connectivity index (χ3n) is 4.70. The molecule has 1 fully saturated rings. The van der Waals surface area contributed by atoms with Gasteiger partial charge in [-0.25, -0.2) is 9.18 Å². The highest BCUT2D eigenvalue weighted by molar-refractivity contribution is 5.99. The van der Waals surface area contributed by atoms with Crippen molar-refractivity contribution in [1.82, 2.24) is 0 Å². The van der Waals surface area contributed by atoms with Gasteiger partial charge in [0.15, 0.2) is 0 Å². The van der Waals surface area contributed by atoms with Gasteiger partial charge in [0.25, 0.3) is 0 Å². The van der Waals surface area contributed by atoms with E-state index >= 15 is 0 Å². The van der Waals surface area contributed by atoms with Crippen molar-refractivity contribution in [3.8, 4) is 11.1 Å². The summed E-state index contributed by atoms with van der Waals surface area (Å²) in [6.07, 6.45) is 5.59. The Morgan fingerprint density at radius 1 is 1.21 bits per heavy atom. The van der Waals surface area contributed by atoms with E-state index in [-0.39, 0.29) is 17.7 Å². The molecule has 3 nitrogen and oxygen atoms in total. The summed E-state index contributed by atoms with van der Waals surface area (Å²) in [5, 5.41) is 0. The summed E-state index contributed by atoms with van der Waals surface area (Å²) >= 11 is 0. The zero-order valence-electron chi connectivity index (χ0n) is 14.2. The van der Waals surface area contributed by atoms with Crippen LogP contribution in [-0.4, -0.2) is 12.6 Å². The SMILES string of the molecule is CCOC(=O)c1c(C2CCCCC2)oc(C)c1-c1ccc(F)cc1. The number of rotatable bonds is 4. The highest BCUT2D eigenvalue weighted by Gasteiger charge is 2.31. The number of halogens is 1. The second-order valence-electron chi connectivity index (χ2n) is 6.33. The Bertz CT molecular complexity index is 709. The first kappa shape index (κ1) is 16.7. The maximum Gasteiger partial charge on any atom is 0.342 e. The molecule has 1 aliphatic rings. The summed E-state index contributed by atoms with van der Waals surface area (Å²) < 4.78 is 24.6. The van der Waals surface area contributed by atoms with Crippen LogP contribution in [0.2, 0.25) is 0 Å². The zero-order chi connectivity index (χ0) is 17.1. The molecular weight excluding hydrogens is 307 g/mol. The average Bonchev–Trinajstić information content (AvgIpc) is 2.94. The molecule has 2 aromatic rings. The minimum Gasteiger partial charge on any atom is -0.464 e. The van der Waals surface area contributed by atoms with E-state index in [0.29, 0.717) is 17.9 Å². The molecule has 0 aliphatic heterocycles. The number of ether oxygens (including phenoxy) is 1. The third-order valence-corrected chi connectivity index (χ3v) is 4.70. The fraction of sp³-hybridized carbons (Fsp3) is 0.450. The lowest BCUT2D eigenvalue weighted by Crippen LogP contribution is -2.12. The van der Waals surface area contributed by atoms with Crippen molar-refractivity contribution in [2.24, 2.45) is 0 Å². The molecule has 1 aliphatic carbocycles. The number of benzene rings is 1. The van der Waals surface area contributed by atoms with Crippen LogP contribution in [0.5, 0.6) is 0 Å². The van der Waals surface area contributed by atoms with Crippen LogP contribution in [0.3, 0.4) is 0 Å². The second kappa shape index (κ2) is 7.20. The molecule has 24 heavy (non-hydrogen) atoms. The van der Waals surface area contributed by atoms with E-state index in [2.05, 4.69) is 0 Å². The molecule has 4 heteroatoms. The molecule has 1 aromatic heterocycles. The molecule has 0 amide bonds. The van der Waals surface area contributed by atoms with E-state index in [1.165, 1.54) is 18.6 Å². The van der Waals surface area contributed by atoms with Gasteiger partial charge < -0.3 is 9.15 Å². The van der Waals surface area contributed by atoms with Crippen molar-refractivity contribution in [3.05, 3.63) is 47.2 Å². The van der Waals surface area contributed by atoms with Crippen molar-refractivity contribution in [2.45, 2.75) is 51.9 Å². The molecule has 0 bridgehead atoms. The number of hydrogen-bond donors (Lipinski definition) is 0. The maximum atomic E-state index is 13.3. The summed E-state index contributed by atoms with van der Waals surface area (Å²) in [5.74, 6) is 1.03. The molecule has 1 aromatic carbocycles. The van der Waals surface area contributed by atoms with Crippen molar-refractivity contribution in [1.29, 1.82) is 0 Å². The molecule has 3 rings (SSSR count). The van der Waals surface area contributed by atoms with E-state index in [1.54, 1.807) is 19.1 Å². The minimum atomic E-state index is -0.353. The van der Waals surface area contributed by atoms with Crippen LogP contribution < -0.4 is 0 Å². The Kier molecular flexibility index (Phi) is 5.03. The first-order chi connectivity index (χ1) is 11.6. The van der Waals surface area contributed by atoms with Crippen molar-refractivity contribution < 1.29 is 18.3 Å². The Labute approximate surface area is 141 Å². The lowest BCUT2D eigenvalue weighted by atomic mass is 9.85. The second-order valence-corrected chi connectivity index (χ2v) is 6.33. The molecule has 0 N–H and O–H groups in total. The lowest BCUT2D eigenvalue weighted by molar-refractivity contribution is 0.0523. The number of carbonyl (C=O) groups is 1. The van der Waals surface area contributed by atoms with Crippen LogP contribution in [0, 0.1) is 12.7 Å². The topological polar surface area (TPSA) is 39.4 Å². The van der Waals surface area contributed by atoms with Gasteiger partial charge in [-0.1, -0.05) is 31.4 Å². The Morgan fingerprint density at radius 2 is 1.88 bits per heavy atom. The van der Waals surface area contributed by atoms with Gasteiger partial charge in [0.05, 0.1) is 6.61 Å². The lowest BCUT2D eigenvalue weighted by Gasteiger charge is -2.20. The Hall–Kier alpha value is -2.10. The van der Waals surface area contributed by atoms with Gasteiger partial charge in [0.1, 0.15) is 22.9 Å². The fourth-order valence-corrected chi connectivity index (χ4v) is 3.59. The summed E-state index contributed by atoms with van der Waals surface area (Å²) in [7, 11) is 0. The van der Waals surface area contributed by atoms with Gasteiger partial charge in [-0.05, 0) is 44.4 Å². The fourth-order valence-electron chi connectivity index (χ4n) is 3.59. The van der Waals surface area contributed by atoms with Crippen LogP contribution in [0.4, 0.5) is 4.39 Å². The normalized spacial score (nSPS) is 15.5. The van der Waals surface area contributed by atoms with Gasteiger partial charge in [-0.15, -0.1) is 0 Å². The third kappa shape index (κ3) is 3.23. The predicted octanol–water partition coefficient (Wildman–Crippen LogP) is 5.62. The molecule has 0 atom stereocenters. The summed E-state index contributed by atoms with van der Waals surface area (Å²) in [4.78, 5) is 12.6. The molecule has 0 spiro atoms. The van der Waals surface area contributed by atoms with E-state index in [1.807, 2.05) is 6.92 Å². The van der Waals surface area contributed by atoms with Crippen LogP contribution in [0.1, 0.15) is 66.8 Å². The quantitative estimate of drug-likeness (QED) is 0.683. The van der Waals surface area contributed by atoms with Gasteiger partial charge >= 0.3 is 5.97 Å².